The molecule has 2 aromatic heterocycles. The molecule has 0 spiro atoms. The van der Waals surface area contributed by atoms with E-state index in [1.807, 2.05) is 6.92 Å². The molecule has 0 radical (unpaired) electrons. The molecule has 2 heterocycles. The fourth-order valence-corrected chi connectivity index (χ4v) is 2.39. The van der Waals surface area contributed by atoms with E-state index >= 15 is 0 Å². The number of rotatable bonds is 5. The van der Waals surface area contributed by atoms with Crippen LogP contribution in [0.25, 0.3) is 10.2 Å². The summed E-state index contributed by atoms with van der Waals surface area (Å²) in [6.07, 6.45) is 1.56. The minimum atomic E-state index is 0.636. The number of aryl methyl sites for hydroxylation is 1. The van der Waals surface area contributed by atoms with Crippen LogP contribution >= 0.6 is 11.3 Å². The molecule has 16 heavy (non-hydrogen) atoms. The molecule has 0 unspecified atom stereocenters. The van der Waals surface area contributed by atoms with Gasteiger partial charge in [-0.15, -0.1) is 11.3 Å². The summed E-state index contributed by atoms with van der Waals surface area (Å²) in [6, 6.07) is 0. The van der Waals surface area contributed by atoms with E-state index < -0.39 is 0 Å². The molecule has 0 bridgehead atoms. The number of fused-ring (bicyclic) bond motifs is 1. The van der Waals surface area contributed by atoms with Crippen molar-refractivity contribution in [3.05, 3.63) is 17.3 Å². The van der Waals surface area contributed by atoms with Crippen LogP contribution in [0.2, 0.25) is 0 Å². The van der Waals surface area contributed by atoms with Crippen LogP contribution in [0, 0.1) is 6.92 Å². The normalized spacial score (nSPS) is 10.9. The van der Waals surface area contributed by atoms with Gasteiger partial charge in [0, 0.05) is 6.54 Å². The number of thiophene rings is 1. The highest BCUT2D eigenvalue weighted by molar-refractivity contribution is 7.17. The monoisotopic (exact) mass is 237 g/mol. The Hall–Kier alpha value is -1.20. The van der Waals surface area contributed by atoms with Gasteiger partial charge < -0.3 is 10.1 Å². The molecule has 0 aliphatic heterocycles. The van der Waals surface area contributed by atoms with Gasteiger partial charge in [-0.2, -0.15) is 0 Å². The molecule has 2 rings (SSSR count). The van der Waals surface area contributed by atoms with Gasteiger partial charge in [0.15, 0.2) is 0 Å². The van der Waals surface area contributed by atoms with Crippen LogP contribution in [0.15, 0.2) is 11.7 Å². The standard InChI is InChI=1S/C11H15N3OS/c1-3-12-4-5-15-11-10-9(13-7-14-11)8(2)6-16-10/h6-7,12H,3-5H2,1-2H3. The van der Waals surface area contributed by atoms with Crippen molar-refractivity contribution in [1.82, 2.24) is 15.3 Å². The van der Waals surface area contributed by atoms with E-state index in [-0.39, 0.29) is 0 Å². The third kappa shape index (κ3) is 2.31. The lowest BCUT2D eigenvalue weighted by Gasteiger charge is -2.05. The zero-order chi connectivity index (χ0) is 11.4. The minimum absolute atomic E-state index is 0.636. The molecule has 86 valence electrons. The quantitative estimate of drug-likeness (QED) is 0.808. The first-order valence-electron chi connectivity index (χ1n) is 5.35. The first-order valence-corrected chi connectivity index (χ1v) is 6.23. The molecule has 2 aromatic rings. The van der Waals surface area contributed by atoms with E-state index in [4.69, 9.17) is 4.74 Å². The number of aromatic nitrogens is 2. The van der Waals surface area contributed by atoms with E-state index in [0.717, 1.165) is 23.3 Å². The molecule has 5 heteroatoms. The summed E-state index contributed by atoms with van der Waals surface area (Å²) in [5.74, 6) is 0.695. The van der Waals surface area contributed by atoms with Crippen molar-refractivity contribution in [3.8, 4) is 5.88 Å². The summed E-state index contributed by atoms with van der Waals surface area (Å²) in [5.41, 5.74) is 2.18. The largest absolute Gasteiger partial charge is 0.475 e. The molecule has 0 atom stereocenters. The van der Waals surface area contributed by atoms with E-state index in [2.05, 4.69) is 27.6 Å². The average Bonchev–Trinajstić information content (AvgIpc) is 2.68. The maximum absolute atomic E-state index is 5.63. The Balaban J connectivity index is 2.11. The third-order valence-corrected chi connectivity index (χ3v) is 3.34. The van der Waals surface area contributed by atoms with Crippen LogP contribution in [0.3, 0.4) is 0 Å². The lowest BCUT2D eigenvalue weighted by Crippen LogP contribution is -2.20. The van der Waals surface area contributed by atoms with Crippen LogP contribution in [-0.2, 0) is 0 Å². The summed E-state index contributed by atoms with van der Waals surface area (Å²) in [5, 5.41) is 5.29. The van der Waals surface area contributed by atoms with Crippen molar-refractivity contribution in [1.29, 1.82) is 0 Å². The number of hydrogen-bond donors (Lipinski definition) is 1. The Bertz CT molecular complexity index is 469. The fraction of sp³-hybridized carbons (Fsp3) is 0.455. The molecule has 0 aliphatic rings. The summed E-state index contributed by atoms with van der Waals surface area (Å²) in [7, 11) is 0. The number of hydrogen-bond acceptors (Lipinski definition) is 5. The van der Waals surface area contributed by atoms with Gasteiger partial charge in [0.1, 0.15) is 17.6 Å². The smallest absolute Gasteiger partial charge is 0.234 e. The predicted molar refractivity (Wildman–Crippen MR) is 66.2 cm³/mol. The number of nitrogens with zero attached hydrogens (tertiary/aromatic N) is 2. The fourth-order valence-electron chi connectivity index (χ4n) is 1.45. The van der Waals surface area contributed by atoms with Crippen molar-refractivity contribution >= 4 is 21.6 Å². The topological polar surface area (TPSA) is 47.0 Å². The van der Waals surface area contributed by atoms with E-state index in [9.17, 15) is 0 Å². The van der Waals surface area contributed by atoms with Crippen LogP contribution in [-0.4, -0.2) is 29.7 Å². The Kier molecular flexibility index (Phi) is 3.69. The highest BCUT2D eigenvalue weighted by atomic mass is 32.1. The lowest BCUT2D eigenvalue weighted by atomic mass is 10.3. The number of ether oxygens (including phenoxy) is 1. The molecule has 1 N–H and O–H groups in total. The van der Waals surface area contributed by atoms with E-state index in [1.165, 1.54) is 5.56 Å². The Morgan fingerprint density at radius 1 is 1.44 bits per heavy atom. The molecule has 0 saturated heterocycles. The second kappa shape index (κ2) is 5.23. The first-order chi connectivity index (χ1) is 7.83. The summed E-state index contributed by atoms with van der Waals surface area (Å²) in [6.45, 7) is 6.56. The van der Waals surface area contributed by atoms with E-state index in [1.54, 1.807) is 17.7 Å². The zero-order valence-electron chi connectivity index (χ0n) is 9.49. The van der Waals surface area contributed by atoms with Crippen LogP contribution in [0.5, 0.6) is 5.88 Å². The highest BCUT2D eigenvalue weighted by Gasteiger charge is 2.08. The zero-order valence-corrected chi connectivity index (χ0v) is 10.3. The molecular weight excluding hydrogens is 222 g/mol. The molecule has 0 amide bonds. The molecular formula is C11H15N3OS. The summed E-state index contributed by atoms with van der Waals surface area (Å²) < 4.78 is 6.67. The molecule has 0 aliphatic carbocycles. The maximum atomic E-state index is 5.63. The minimum Gasteiger partial charge on any atom is -0.475 e. The lowest BCUT2D eigenvalue weighted by molar-refractivity contribution is 0.308. The maximum Gasteiger partial charge on any atom is 0.234 e. The van der Waals surface area contributed by atoms with Crippen molar-refractivity contribution in [2.75, 3.05) is 19.7 Å². The van der Waals surface area contributed by atoms with Crippen molar-refractivity contribution in [2.24, 2.45) is 0 Å². The van der Waals surface area contributed by atoms with Gasteiger partial charge in [0.25, 0.3) is 0 Å². The Labute approximate surface area is 98.7 Å². The average molecular weight is 237 g/mol. The van der Waals surface area contributed by atoms with Gasteiger partial charge >= 0.3 is 0 Å². The molecule has 4 nitrogen and oxygen atoms in total. The second-order valence-corrected chi connectivity index (χ2v) is 4.36. The first kappa shape index (κ1) is 11.3. The van der Waals surface area contributed by atoms with E-state index in [0.29, 0.717) is 12.5 Å². The van der Waals surface area contributed by atoms with Crippen molar-refractivity contribution < 1.29 is 4.74 Å². The Morgan fingerprint density at radius 3 is 3.12 bits per heavy atom. The van der Waals surface area contributed by atoms with Crippen LogP contribution in [0.4, 0.5) is 0 Å². The van der Waals surface area contributed by atoms with Crippen LogP contribution in [0.1, 0.15) is 12.5 Å². The molecule has 0 saturated carbocycles. The van der Waals surface area contributed by atoms with Crippen LogP contribution < -0.4 is 10.1 Å². The Morgan fingerprint density at radius 2 is 2.31 bits per heavy atom. The second-order valence-electron chi connectivity index (χ2n) is 3.48. The van der Waals surface area contributed by atoms with Gasteiger partial charge in [0.05, 0.1) is 5.52 Å². The molecule has 0 aromatic carbocycles. The summed E-state index contributed by atoms with van der Waals surface area (Å²) >= 11 is 1.63. The summed E-state index contributed by atoms with van der Waals surface area (Å²) in [4.78, 5) is 8.42. The number of nitrogens with one attached hydrogen (secondary N) is 1. The molecule has 0 fully saturated rings. The van der Waals surface area contributed by atoms with Gasteiger partial charge in [0.2, 0.25) is 5.88 Å². The predicted octanol–water partition coefficient (Wildman–Crippen LogP) is 1.99. The number of likely N-dealkylation sites (N-methyl/N-ethyl adjacent to an activating group) is 1. The van der Waals surface area contributed by atoms with Gasteiger partial charge in [-0.3, -0.25) is 0 Å². The van der Waals surface area contributed by atoms with Gasteiger partial charge in [-0.05, 0) is 24.4 Å². The van der Waals surface area contributed by atoms with Gasteiger partial charge in [-0.25, -0.2) is 9.97 Å². The highest BCUT2D eigenvalue weighted by Crippen LogP contribution is 2.29. The SMILES string of the molecule is CCNCCOc1ncnc2c(C)csc12. The third-order valence-electron chi connectivity index (χ3n) is 2.27. The van der Waals surface area contributed by atoms with Crippen molar-refractivity contribution in [2.45, 2.75) is 13.8 Å². The van der Waals surface area contributed by atoms with Crippen molar-refractivity contribution in [3.63, 3.8) is 0 Å². The van der Waals surface area contributed by atoms with Gasteiger partial charge in [-0.1, -0.05) is 6.92 Å².